The number of ether oxygens (including phenoxy) is 1. The predicted molar refractivity (Wildman–Crippen MR) is 111 cm³/mol. The number of methoxy groups -OCH3 is 1. The second kappa shape index (κ2) is 8.17. The van der Waals surface area contributed by atoms with E-state index in [1.165, 1.54) is 6.07 Å². The SMILES string of the molecule is COc1cccc(-c2cc(/C=C3/CCCN=C3c3cccnc3)ccc2F)c1. The highest BCUT2D eigenvalue weighted by Gasteiger charge is 2.15. The Bertz CT molecular complexity index is 1040. The number of aromatic nitrogens is 1. The van der Waals surface area contributed by atoms with Gasteiger partial charge in [0.25, 0.3) is 0 Å². The Hall–Kier alpha value is -3.27. The highest BCUT2D eigenvalue weighted by Crippen LogP contribution is 2.29. The molecule has 140 valence electrons. The van der Waals surface area contributed by atoms with Crippen molar-refractivity contribution >= 4 is 11.8 Å². The van der Waals surface area contributed by atoms with Crippen LogP contribution < -0.4 is 4.74 Å². The zero-order valence-electron chi connectivity index (χ0n) is 15.7. The lowest BCUT2D eigenvalue weighted by atomic mass is 9.94. The Morgan fingerprint density at radius 3 is 2.75 bits per heavy atom. The lowest BCUT2D eigenvalue weighted by molar-refractivity contribution is 0.415. The molecule has 0 N–H and O–H groups in total. The topological polar surface area (TPSA) is 34.5 Å². The fraction of sp³-hybridized carbons (Fsp3) is 0.167. The number of pyridine rings is 1. The summed E-state index contributed by atoms with van der Waals surface area (Å²) in [6, 6.07) is 16.6. The Morgan fingerprint density at radius 2 is 1.93 bits per heavy atom. The van der Waals surface area contributed by atoms with Crippen LogP contribution in [-0.4, -0.2) is 24.4 Å². The maximum absolute atomic E-state index is 14.5. The van der Waals surface area contributed by atoms with E-state index in [4.69, 9.17) is 9.73 Å². The van der Waals surface area contributed by atoms with Gasteiger partial charge >= 0.3 is 0 Å². The van der Waals surface area contributed by atoms with Crippen LogP contribution in [0.5, 0.6) is 5.75 Å². The number of hydrogen-bond acceptors (Lipinski definition) is 3. The highest BCUT2D eigenvalue weighted by atomic mass is 19.1. The van der Waals surface area contributed by atoms with Crippen LogP contribution in [0.4, 0.5) is 4.39 Å². The minimum atomic E-state index is -0.250. The molecular weight excluding hydrogens is 351 g/mol. The molecule has 3 nitrogen and oxygen atoms in total. The Kier molecular flexibility index (Phi) is 5.29. The Balaban J connectivity index is 1.73. The van der Waals surface area contributed by atoms with E-state index in [9.17, 15) is 4.39 Å². The molecule has 1 aliphatic rings. The first-order valence-corrected chi connectivity index (χ1v) is 9.34. The van der Waals surface area contributed by atoms with Gasteiger partial charge in [0.2, 0.25) is 0 Å². The van der Waals surface area contributed by atoms with E-state index >= 15 is 0 Å². The van der Waals surface area contributed by atoms with Crippen molar-refractivity contribution in [2.75, 3.05) is 13.7 Å². The van der Waals surface area contributed by atoms with E-state index in [1.807, 2.05) is 54.7 Å². The molecule has 4 heteroatoms. The minimum Gasteiger partial charge on any atom is -0.497 e. The van der Waals surface area contributed by atoms with Crippen molar-refractivity contribution in [3.8, 4) is 16.9 Å². The van der Waals surface area contributed by atoms with E-state index in [0.717, 1.165) is 47.4 Å². The second-order valence-corrected chi connectivity index (χ2v) is 6.72. The van der Waals surface area contributed by atoms with Crippen LogP contribution in [0.2, 0.25) is 0 Å². The quantitative estimate of drug-likeness (QED) is 0.601. The zero-order chi connectivity index (χ0) is 19.3. The third kappa shape index (κ3) is 3.86. The molecule has 4 rings (SSSR count). The lowest BCUT2D eigenvalue weighted by Crippen LogP contribution is -2.11. The normalized spacial score (nSPS) is 15.4. The Morgan fingerprint density at radius 1 is 1.04 bits per heavy atom. The highest BCUT2D eigenvalue weighted by molar-refractivity contribution is 6.15. The molecule has 0 fully saturated rings. The summed E-state index contributed by atoms with van der Waals surface area (Å²) in [6.07, 6.45) is 7.66. The first kappa shape index (κ1) is 18.1. The second-order valence-electron chi connectivity index (χ2n) is 6.72. The monoisotopic (exact) mass is 372 g/mol. The van der Waals surface area contributed by atoms with Crippen molar-refractivity contribution in [1.29, 1.82) is 0 Å². The first-order chi connectivity index (χ1) is 13.7. The molecule has 0 amide bonds. The van der Waals surface area contributed by atoms with Crippen LogP contribution in [0, 0.1) is 5.82 Å². The molecule has 0 saturated heterocycles. The minimum absolute atomic E-state index is 0.250. The van der Waals surface area contributed by atoms with Crippen molar-refractivity contribution in [3.63, 3.8) is 0 Å². The van der Waals surface area contributed by atoms with Gasteiger partial charge in [0.05, 0.1) is 12.8 Å². The zero-order valence-corrected chi connectivity index (χ0v) is 15.7. The van der Waals surface area contributed by atoms with E-state index in [1.54, 1.807) is 13.3 Å². The number of benzene rings is 2. The third-order valence-electron chi connectivity index (χ3n) is 4.83. The molecule has 2 aromatic carbocycles. The summed E-state index contributed by atoms with van der Waals surface area (Å²) in [7, 11) is 1.61. The van der Waals surface area contributed by atoms with Gasteiger partial charge in [0.15, 0.2) is 0 Å². The van der Waals surface area contributed by atoms with Crippen molar-refractivity contribution < 1.29 is 9.13 Å². The molecule has 3 aromatic rings. The van der Waals surface area contributed by atoms with Gasteiger partial charge in [-0.1, -0.05) is 18.2 Å². The summed E-state index contributed by atoms with van der Waals surface area (Å²) in [5.74, 6) is 0.458. The van der Waals surface area contributed by atoms with Gasteiger partial charge in [0.1, 0.15) is 11.6 Å². The van der Waals surface area contributed by atoms with E-state index < -0.39 is 0 Å². The van der Waals surface area contributed by atoms with E-state index in [-0.39, 0.29) is 5.82 Å². The molecule has 0 radical (unpaired) electrons. The van der Waals surface area contributed by atoms with Crippen LogP contribution in [0.1, 0.15) is 24.0 Å². The van der Waals surface area contributed by atoms with Gasteiger partial charge in [-0.05, 0) is 72.0 Å². The molecule has 2 heterocycles. The molecule has 0 saturated carbocycles. The van der Waals surface area contributed by atoms with Crippen molar-refractivity contribution in [3.05, 3.63) is 89.5 Å². The van der Waals surface area contributed by atoms with Gasteiger partial charge in [0, 0.05) is 30.1 Å². The fourth-order valence-electron chi connectivity index (χ4n) is 3.45. The summed E-state index contributed by atoms with van der Waals surface area (Å²) in [4.78, 5) is 8.93. The van der Waals surface area contributed by atoms with Crippen molar-refractivity contribution in [1.82, 2.24) is 4.98 Å². The van der Waals surface area contributed by atoms with Gasteiger partial charge in [-0.25, -0.2) is 4.39 Å². The van der Waals surface area contributed by atoms with E-state index in [0.29, 0.717) is 11.3 Å². The van der Waals surface area contributed by atoms with Crippen LogP contribution in [0.3, 0.4) is 0 Å². The van der Waals surface area contributed by atoms with Crippen LogP contribution in [0.15, 0.2) is 77.6 Å². The summed E-state index contributed by atoms with van der Waals surface area (Å²) in [5, 5.41) is 0. The third-order valence-corrected chi connectivity index (χ3v) is 4.83. The lowest BCUT2D eigenvalue weighted by Gasteiger charge is -2.16. The molecule has 0 spiro atoms. The molecule has 1 aliphatic heterocycles. The predicted octanol–water partition coefficient (Wildman–Crippen LogP) is 5.56. The number of aliphatic imine (C=N–C) groups is 1. The smallest absolute Gasteiger partial charge is 0.131 e. The summed E-state index contributed by atoms with van der Waals surface area (Å²) >= 11 is 0. The maximum Gasteiger partial charge on any atom is 0.131 e. The largest absolute Gasteiger partial charge is 0.497 e. The van der Waals surface area contributed by atoms with Gasteiger partial charge < -0.3 is 4.74 Å². The molecular formula is C24H21FN2O. The number of halogens is 1. The Labute approximate surface area is 164 Å². The number of allylic oxidation sites excluding steroid dienone is 1. The molecule has 0 atom stereocenters. The average molecular weight is 372 g/mol. The molecule has 28 heavy (non-hydrogen) atoms. The summed E-state index contributed by atoms with van der Waals surface area (Å²) in [6.45, 7) is 0.819. The van der Waals surface area contributed by atoms with Crippen molar-refractivity contribution in [2.45, 2.75) is 12.8 Å². The number of hydrogen-bond donors (Lipinski definition) is 0. The first-order valence-electron chi connectivity index (χ1n) is 9.34. The maximum atomic E-state index is 14.5. The fourth-order valence-corrected chi connectivity index (χ4v) is 3.45. The summed E-state index contributed by atoms with van der Waals surface area (Å²) < 4.78 is 19.8. The van der Waals surface area contributed by atoms with E-state index in [2.05, 4.69) is 11.1 Å². The van der Waals surface area contributed by atoms with Gasteiger partial charge in [-0.2, -0.15) is 0 Å². The standard InChI is InChI=1S/C24H21FN2O/c1-28-21-8-2-5-18(15-21)22-14-17(9-10-23(22)25)13-19-6-4-12-27-24(19)20-7-3-11-26-16-20/h2-3,5,7-11,13-16H,4,6,12H2,1H3/b19-13-. The van der Waals surface area contributed by atoms with Gasteiger partial charge in [-0.3, -0.25) is 9.98 Å². The average Bonchev–Trinajstić information content (AvgIpc) is 2.76. The number of rotatable bonds is 4. The molecule has 0 aliphatic carbocycles. The van der Waals surface area contributed by atoms with Crippen LogP contribution in [-0.2, 0) is 0 Å². The molecule has 0 bridgehead atoms. The molecule has 1 aromatic heterocycles. The van der Waals surface area contributed by atoms with Crippen molar-refractivity contribution in [2.24, 2.45) is 4.99 Å². The number of nitrogens with zero attached hydrogens (tertiary/aromatic N) is 2. The van der Waals surface area contributed by atoms with Gasteiger partial charge in [-0.15, -0.1) is 0 Å². The molecule has 0 unspecified atom stereocenters. The van der Waals surface area contributed by atoms with Crippen LogP contribution in [0.25, 0.3) is 17.2 Å². The van der Waals surface area contributed by atoms with Crippen LogP contribution >= 0.6 is 0 Å². The summed E-state index contributed by atoms with van der Waals surface area (Å²) in [5.41, 5.74) is 5.45.